The topological polar surface area (TPSA) is 55.1 Å². The minimum Gasteiger partial charge on any atom is -0.329 e. The molecule has 0 heterocycles. The van der Waals surface area contributed by atoms with E-state index in [0.29, 0.717) is 6.54 Å². The van der Waals surface area contributed by atoms with Crippen molar-refractivity contribution in [2.45, 2.75) is 27.7 Å². The van der Waals surface area contributed by atoms with Crippen molar-refractivity contribution in [3.63, 3.8) is 0 Å². The monoisotopic (exact) mass is 334 g/mol. The fourth-order valence-corrected chi connectivity index (χ4v) is 1.64. The summed E-state index contributed by atoms with van der Waals surface area (Å²) >= 11 is 3.50. The molecular formula is C13H20BrClN2O. The predicted octanol–water partition coefficient (Wildman–Crippen LogP) is 3.41. The van der Waals surface area contributed by atoms with Crippen molar-refractivity contribution >= 4 is 39.9 Å². The Bertz CT molecular complexity index is 424. The Kier molecular flexibility index (Phi) is 6.34. The molecule has 0 aliphatic carbocycles. The number of amides is 1. The molecule has 102 valence electrons. The van der Waals surface area contributed by atoms with Gasteiger partial charge in [-0.1, -0.05) is 15.9 Å². The first-order chi connectivity index (χ1) is 7.77. The number of carbonyl (C=O) groups is 1. The molecule has 0 unspecified atom stereocenters. The fourth-order valence-electron chi connectivity index (χ4n) is 1.41. The van der Waals surface area contributed by atoms with Gasteiger partial charge in [0.1, 0.15) is 0 Å². The van der Waals surface area contributed by atoms with Crippen LogP contribution in [0.2, 0.25) is 0 Å². The molecule has 0 spiro atoms. The summed E-state index contributed by atoms with van der Waals surface area (Å²) in [5.41, 5.74) is 8.05. The molecule has 0 bridgehead atoms. The SMILES string of the molecule is Cc1cc(NC(=O)C(C)(C)CN)cc(C)c1Br.Cl. The second-order valence-corrected chi connectivity index (χ2v) is 5.76. The Morgan fingerprint density at radius 2 is 1.78 bits per heavy atom. The van der Waals surface area contributed by atoms with E-state index < -0.39 is 5.41 Å². The van der Waals surface area contributed by atoms with Gasteiger partial charge in [-0.25, -0.2) is 0 Å². The number of aryl methyl sites for hydroxylation is 2. The lowest BCUT2D eigenvalue weighted by molar-refractivity contribution is -0.123. The minimum atomic E-state index is -0.547. The average molecular weight is 336 g/mol. The number of hydrogen-bond acceptors (Lipinski definition) is 2. The molecule has 0 saturated carbocycles. The van der Waals surface area contributed by atoms with E-state index in [4.69, 9.17) is 5.73 Å². The van der Waals surface area contributed by atoms with Crippen LogP contribution in [0, 0.1) is 19.3 Å². The maximum Gasteiger partial charge on any atom is 0.231 e. The van der Waals surface area contributed by atoms with Crippen LogP contribution < -0.4 is 11.1 Å². The molecule has 1 aromatic carbocycles. The molecule has 5 heteroatoms. The third kappa shape index (κ3) is 3.97. The Labute approximate surface area is 123 Å². The van der Waals surface area contributed by atoms with Gasteiger partial charge in [0.05, 0.1) is 5.41 Å². The normalized spacial score (nSPS) is 10.8. The van der Waals surface area contributed by atoms with Crippen LogP contribution in [0.5, 0.6) is 0 Å². The molecule has 0 aromatic heterocycles. The summed E-state index contributed by atoms with van der Waals surface area (Å²) in [5, 5.41) is 2.90. The zero-order valence-electron chi connectivity index (χ0n) is 11.1. The summed E-state index contributed by atoms with van der Waals surface area (Å²) in [4.78, 5) is 12.0. The van der Waals surface area contributed by atoms with Gasteiger partial charge in [-0.05, 0) is 51.0 Å². The Balaban J connectivity index is 0.00000289. The number of carbonyl (C=O) groups excluding carboxylic acids is 1. The average Bonchev–Trinajstić information content (AvgIpc) is 2.25. The Morgan fingerprint density at radius 3 is 2.17 bits per heavy atom. The first kappa shape index (κ1) is 17.4. The van der Waals surface area contributed by atoms with Crippen LogP contribution in [0.4, 0.5) is 5.69 Å². The number of hydrogen-bond donors (Lipinski definition) is 2. The van der Waals surface area contributed by atoms with Crippen LogP contribution in [0.25, 0.3) is 0 Å². The van der Waals surface area contributed by atoms with E-state index in [1.165, 1.54) is 0 Å². The molecule has 0 radical (unpaired) electrons. The lowest BCUT2D eigenvalue weighted by atomic mass is 9.92. The van der Waals surface area contributed by atoms with Gasteiger partial charge in [0.2, 0.25) is 5.91 Å². The Morgan fingerprint density at radius 1 is 1.33 bits per heavy atom. The second kappa shape index (κ2) is 6.55. The zero-order valence-corrected chi connectivity index (χ0v) is 13.5. The van der Waals surface area contributed by atoms with E-state index in [0.717, 1.165) is 21.3 Å². The van der Waals surface area contributed by atoms with Crippen LogP contribution in [0.1, 0.15) is 25.0 Å². The van der Waals surface area contributed by atoms with E-state index >= 15 is 0 Å². The number of halogens is 2. The maximum absolute atomic E-state index is 12.0. The van der Waals surface area contributed by atoms with Crippen LogP contribution in [0.15, 0.2) is 16.6 Å². The van der Waals surface area contributed by atoms with Gasteiger partial charge < -0.3 is 11.1 Å². The summed E-state index contributed by atoms with van der Waals surface area (Å²) in [5.74, 6) is -0.0545. The molecule has 0 aliphatic rings. The highest BCUT2D eigenvalue weighted by atomic mass is 79.9. The van der Waals surface area contributed by atoms with Crippen LogP contribution in [-0.2, 0) is 4.79 Å². The number of benzene rings is 1. The molecule has 1 rings (SSSR count). The summed E-state index contributed by atoms with van der Waals surface area (Å²) < 4.78 is 1.08. The fraction of sp³-hybridized carbons (Fsp3) is 0.462. The zero-order chi connectivity index (χ0) is 13.2. The number of rotatable bonds is 3. The highest BCUT2D eigenvalue weighted by Crippen LogP contribution is 2.26. The van der Waals surface area contributed by atoms with Crippen molar-refractivity contribution in [3.05, 3.63) is 27.7 Å². The molecule has 1 amide bonds. The second-order valence-electron chi connectivity index (χ2n) is 4.97. The lowest BCUT2D eigenvalue weighted by Crippen LogP contribution is -2.37. The third-order valence-electron chi connectivity index (χ3n) is 2.82. The third-order valence-corrected chi connectivity index (χ3v) is 4.07. The first-order valence-corrected chi connectivity index (χ1v) is 6.35. The molecular weight excluding hydrogens is 316 g/mol. The molecule has 0 fully saturated rings. The number of nitrogens with one attached hydrogen (secondary N) is 1. The summed E-state index contributed by atoms with van der Waals surface area (Å²) in [6.45, 7) is 8.00. The largest absolute Gasteiger partial charge is 0.329 e. The molecule has 3 N–H and O–H groups in total. The van der Waals surface area contributed by atoms with Crippen molar-refractivity contribution < 1.29 is 4.79 Å². The predicted molar refractivity (Wildman–Crippen MR) is 82.3 cm³/mol. The molecule has 0 aliphatic heterocycles. The van der Waals surface area contributed by atoms with Crippen molar-refractivity contribution in [1.82, 2.24) is 0 Å². The van der Waals surface area contributed by atoms with Gasteiger partial charge in [-0.15, -0.1) is 12.4 Å². The van der Waals surface area contributed by atoms with Gasteiger partial charge in [0.25, 0.3) is 0 Å². The van der Waals surface area contributed by atoms with Gasteiger partial charge in [0.15, 0.2) is 0 Å². The molecule has 1 aromatic rings. The van der Waals surface area contributed by atoms with Crippen molar-refractivity contribution in [1.29, 1.82) is 0 Å². The summed E-state index contributed by atoms with van der Waals surface area (Å²) in [6.07, 6.45) is 0. The minimum absolute atomic E-state index is 0. The molecule has 0 atom stereocenters. The highest BCUT2D eigenvalue weighted by Gasteiger charge is 2.25. The summed E-state index contributed by atoms with van der Waals surface area (Å²) in [7, 11) is 0. The van der Waals surface area contributed by atoms with E-state index in [1.54, 1.807) is 0 Å². The maximum atomic E-state index is 12.0. The molecule has 18 heavy (non-hydrogen) atoms. The molecule has 3 nitrogen and oxygen atoms in total. The summed E-state index contributed by atoms with van der Waals surface area (Å²) in [6, 6.07) is 3.89. The molecule has 0 saturated heterocycles. The van der Waals surface area contributed by atoms with Gasteiger partial charge in [-0.3, -0.25) is 4.79 Å². The number of nitrogens with two attached hydrogens (primary N) is 1. The van der Waals surface area contributed by atoms with Crippen LogP contribution >= 0.6 is 28.3 Å². The smallest absolute Gasteiger partial charge is 0.231 e. The van der Waals surface area contributed by atoms with Crippen LogP contribution in [-0.4, -0.2) is 12.5 Å². The lowest BCUT2D eigenvalue weighted by Gasteiger charge is -2.21. The van der Waals surface area contributed by atoms with Gasteiger partial charge >= 0.3 is 0 Å². The van der Waals surface area contributed by atoms with E-state index in [9.17, 15) is 4.79 Å². The highest BCUT2D eigenvalue weighted by molar-refractivity contribution is 9.10. The van der Waals surface area contributed by atoms with Crippen molar-refractivity contribution in [2.75, 3.05) is 11.9 Å². The Hall–Kier alpha value is -0.580. The van der Waals surface area contributed by atoms with Crippen molar-refractivity contribution in [3.8, 4) is 0 Å². The van der Waals surface area contributed by atoms with E-state index in [2.05, 4.69) is 21.2 Å². The van der Waals surface area contributed by atoms with Crippen LogP contribution in [0.3, 0.4) is 0 Å². The van der Waals surface area contributed by atoms with Gasteiger partial charge in [-0.2, -0.15) is 0 Å². The van der Waals surface area contributed by atoms with Gasteiger partial charge in [0, 0.05) is 16.7 Å². The number of anilines is 1. The van der Waals surface area contributed by atoms with Crippen molar-refractivity contribution in [2.24, 2.45) is 11.1 Å². The van der Waals surface area contributed by atoms with E-state index in [-0.39, 0.29) is 18.3 Å². The standard InChI is InChI=1S/C13H19BrN2O.ClH/c1-8-5-10(6-9(2)11(8)14)16-12(17)13(3,4)7-15;/h5-6H,7,15H2,1-4H3,(H,16,17);1H. The first-order valence-electron chi connectivity index (χ1n) is 5.56. The van der Waals surface area contributed by atoms with E-state index in [1.807, 2.05) is 39.8 Å². The quantitative estimate of drug-likeness (QED) is 0.889.